The van der Waals surface area contributed by atoms with Gasteiger partial charge in [-0.15, -0.1) is 0 Å². The van der Waals surface area contributed by atoms with Crippen molar-refractivity contribution in [2.75, 3.05) is 0 Å². The van der Waals surface area contributed by atoms with E-state index >= 15 is 0 Å². The predicted molar refractivity (Wildman–Crippen MR) is 58.1 cm³/mol. The summed E-state index contributed by atoms with van der Waals surface area (Å²) in [6, 6.07) is 7.89. The summed E-state index contributed by atoms with van der Waals surface area (Å²) in [7, 11) is 0. The van der Waals surface area contributed by atoms with Crippen LogP contribution in [0, 0.1) is 0 Å². The van der Waals surface area contributed by atoms with E-state index in [4.69, 9.17) is 11.6 Å². The first kappa shape index (κ1) is 9.94. The highest BCUT2D eigenvalue weighted by atomic mass is 35.5. The lowest BCUT2D eigenvalue weighted by atomic mass is 10.1. The molecule has 1 rings (SSSR count). The van der Waals surface area contributed by atoms with E-state index in [1.54, 1.807) is 0 Å². The Morgan fingerprint density at radius 1 is 1.42 bits per heavy atom. The number of hydrogen-bond acceptors (Lipinski definition) is 1. The molecule has 0 aromatic heterocycles. The molecule has 1 atom stereocenters. The molecule has 2 heteroatoms. The zero-order chi connectivity index (χ0) is 8.97. The van der Waals surface area contributed by atoms with Crippen LogP contribution in [0.5, 0.6) is 0 Å². The van der Waals surface area contributed by atoms with Gasteiger partial charge in [-0.25, -0.2) is 0 Å². The second kappa shape index (κ2) is 4.78. The molecule has 0 aliphatic rings. The van der Waals surface area contributed by atoms with Gasteiger partial charge < -0.3 is 0 Å². The molecule has 0 amide bonds. The van der Waals surface area contributed by atoms with E-state index in [9.17, 15) is 0 Å². The zero-order valence-corrected chi connectivity index (χ0v) is 8.78. The van der Waals surface area contributed by atoms with Crippen molar-refractivity contribution in [2.24, 2.45) is 0 Å². The van der Waals surface area contributed by atoms with Crippen LogP contribution in [0.2, 0.25) is 5.02 Å². The van der Waals surface area contributed by atoms with Crippen molar-refractivity contribution in [3.8, 4) is 0 Å². The number of benzene rings is 1. The Hall–Kier alpha value is -0.140. The highest BCUT2D eigenvalue weighted by Gasteiger charge is 2.07. The Morgan fingerprint density at radius 3 is 2.67 bits per heavy atom. The van der Waals surface area contributed by atoms with Crippen molar-refractivity contribution < 1.29 is 0 Å². The van der Waals surface area contributed by atoms with Crippen LogP contribution < -0.4 is 0 Å². The SMILES string of the molecule is CCCC(S)c1ccccc1Cl. The minimum Gasteiger partial charge on any atom is -0.171 e. The third-order valence-corrected chi connectivity index (χ3v) is 2.71. The van der Waals surface area contributed by atoms with Crippen LogP contribution in [-0.4, -0.2) is 0 Å². The molecule has 1 aromatic rings. The van der Waals surface area contributed by atoms with Crippen molar-refractivity contribution in [1.82, 2.24) is 0 Å². The molecule has 0 spiro atoms. The van der Waals surface area contributed by atoms with Crippen LogP contribution in [0.15, 0.2) is 24.3 Å². The topological polar surface area (TPSA) is 0 Å². The lowest BCUT2D eigenvalue weighted by molar-refractivity contribution is 0.783. The average molecular weight is 201 g/mol. The van der Waals surface area contributed by atoms with E-state index in [0.29, 0.717) is 0 Å². The third kappa shape index (κ3) is 2.43. The first-order valence-corrected chi connectivity index (χ1v) is 5.07. The molecule has 12 heavy (non-hydrogen) atoms. The number of rotatable bonds is 3. The molecular formula is C10H13ClS. The van der Waals surface area contributed by atoms with E-state index in [1.807, 2.05) is 24.3 Å². The van der Waals surface area contributed by atoms with E-state index < -0.39 is 0 Å². The molecule has 0 bridgehead atoms. The summed E-state index contributed by atoms with van der Waals surface area (Å²) in [6.07, 6.45) is 2.21. The zero-order valence-electron chi connectivity index (χ0n) is 7.13. The first-order valence-electron chi connectivity index (χ1n) is 4.18. The lowest BCUT2D eigenvalue weighted by Gasteiger charge is -2.10. The van der Waals surface area contributed by atoms with E-state index in [0.717, 1.165) is 23.4 Å². The van der Waals surface area contributed by atoms with Crippen LogP contribution in [0.1, 0.15) is 30.6 Å². The van der Waals surface area contributed by atoms with Crippen LogP contribution >= 0.6 is 24.2 Å². The molecule has 0 aliphatic heterocycles. The number of hydrogen-bond donors (Lipinski definition) is 1. The van der Waals surface area contributed by atoms with Crippen molar-refractivity contribution in [3.05, 3.63) is 34.9 Å². The Morgan fingerprint density at radius 2 is 2.08 bits per heavy atom. The quantitative estimate of drug-likeness (QED) is 0.698. The normalized spacial score (nSPS) is 12.9. The van der Waals surface area contributed by atoms with Crippen molar-refractivity contribution in [1.29, 1.82) is 0 Å². The molecule has 0 aliphatic carbocycles. The largest absolute Gasteiger partial charge is 0.171 e. The van der Waals surface area contributed by atoms with Crippen LogP contribution in [0.4, 0.5) is 0 Å². The number of halogens is 1. The first-order chi connectivity index (χ1) is 5.75. The maximum absolute atomic E-state index is 6.01. The van der Waals surface area contributed by atoms with E-state index in [1.165, 1.54) is 0 Å². The fourth-order valence-electron chi connectivity index (χ4n) is 1.17. The van der Waals surface area contributed by atoms with Gasteiger partial charge in [0.15, 0.2) is 0 Å². The smallest absolute Gasteiger partial charge is 0.0449 e. The van der Waals surface area contributed by atoms with Gasteiger partial charge in [0, 0.05) is 10.3 Å². The molecule has 0 saturated carbocycles. The van der Waals surface area contributed by atoms with Crippen molar-refractivity contribution in [2.45, 2.75) is 25.0 Å². The van der Waals surface area contributed by atoms with Crippen molar-refractivity contribution >= 4 is 24.2 Å². The molecule has 66 valence electrons. The Balaban J connectivity index is 2.79. The maximum Gasteiger partial charge on any atom is 0.0449 e. The average Bonchev–Trinajstić information content (AvgIpc) is 2.05. The van der Waals surface area contributed by atoms with Gasteiger partial charge in [0.25, 0.3) is 0 Å². The van der Waals surface area contributed by atoms with Crippen LogP contribution in [0.3, 0.4) is 0 Å². The monoisotopic (exact) mass is 200 g/mol. The highest BCUT2D eigenvalue weighted by Crippen LogP contribution is 2.30. The molecule has 0 heterocycles. The van der Waals surface area contributed by atoms with Gasteiger partial charge in [0.1, 0.15) is 0 Å². The summed E-state index contributed by atoms with van der Waals surface area (Å²) in [5.74, 6) is 0. The Kier molecular flexibility index (Phi) is 3.96. The van der Waals surface area contributed by atoms with E-state index in [-0.39, 0.29) is 5.25 Å². The summed E-state index contributed by atoms with van der Waals surface area (Å²) in [5.41, 5.74) is 1.14. The van der Waals surface area contributed by atoms with Crippen LogP contribution in [0.25, 0.3) is 0 Å². The molecule has 0 nitrogen and oxygen atoms in total. The summed E-state index contributed by atoms with van der Waals surface area (Å²) in [5, 5.41) is 1.11. The molecular weight excluding hydrogens is 188 g/mol. The Labute approximate surface area is 84.3 Å². The second-order valence-corrected chi connectivity index (χ2v) is 3.86. The van der Waals surface area contributed by atoms with Gasteiger partial charge in [-0.2, -0.15) is 12.6 Å². The minimum atomic E-state index is 0.281. The lowest BCUT2D eigenvalue weighted by Crippen LogP contribution is -1.90. The molecule has 0 N–H and O–H groups in total. The van der Waals surface area contributed by atoms with Gasteiger partial charge >= 0.3 is 0 Å². The van der Waals surface area contributed by atoms with Gasteiger partial charge in [-0.1, -0.05) is 43.1 Å². The molecule has 0 radical (unpaired) electrons. The maximum atomic E-state index is 6.01. The molecule has 0 fully saturated rings. The predicted octanol–water partition coefficient (Wildman–Crippen LogP) is 4.11. The fraction of sp³-hybridized carbons (Fsp3) is 0.400. The van der Waals surface area contributed by atoms with E-state index in [2.05, 4.69) is 19.6 Å². The third-order valence-electron chi connectivity index (χ3n) is 1.83. The second-order valence-electron chi connectivity index (χ2n) is 2.83. The molecule has 0 saturated heterocycles. The number of thiol groups is 1. The van der Waals surface area contributed by atoms with Gasteiger partial charge in [-0.3, -0.25) is 0 Å². The molecule has 1 unspecified atom stereocenters. The van der Waals surface area contributed by atoms with Crippen molar-refractivity contribution in [3.63, 3.8) is 0 Å². The summed E-state index contributed by atoms with van der Waals surface area (Å²) in [4.78, 5) is 0. The minimum absolute atomic E-state index is 0.281. The summed E-state index contributed by atoms with van der Waals surface area (Å²) in [6.45, 7) is 2.15. The summed E-state index contributed by atoms with van der Waals surface area (Å²) < 4.78 is 0. The fourth-order valence-corrected chi connectivity index (χ4v) is 2.00. The van der Waals surface area contributed by atoms with Gasteiger partial charge in [-0.05, 0) is 18.1 Å². The van der Waals surface area contributed by atoms with Crippen LogP contribution in [-0.2, 0) is 0 Å². The van der Waals surface area contributed by atoms with Gasteiger partial charge in [0.05, 0.1) is 0 Å². The molecule has 1 aromatic carbocycles. The summed E-state index contributed by atoms with van der Waals surface area (Å²) >= 11 is 10.5. The Bertz CT molecular complexity index is 247. The van der Waals surface area contributed by atoms with Gasteiger partial charge in [0.2, 0.25) is 0 Å². The standard InChI is InChI=1S/C10H13ClS/c1-2-5-10(12)8-6-3-4-7-9(8)11/h3-4,6-7,10,12H,2,5H2,1H3. The highest BCUT2D eigenvalue weighted by molar-refractivity contribution is 7.80.